The van der Waals surface area contributed by atoms with E-state index in [0.717, 1.165) is 42.1 Å². The summed E-state index contributed by atoms with van der Waals surface area (Å²) >= 11 is 1.55. The van der Waals surface area contributed by atoms with Crippen molar-refractivity contribution in [2.24, 2.45) is 5.41 Å². The van der Waals surface area contributed by atoms with Gasteiger partial charge in [-0.15, -0.1) is 11.3 Å². The molecule has 1 amide bonds. The third-order valence-electron chi connectivity index (χ3n) is 5.04. The largest absolute Gasteiger partial charge is 0.392 e. The maximum absolute atomic E-state index is 12.5. The van der Waals surface area contributed by atoms with Crippen LogP contribution in [0.3, 0.4) is 0 Å². The van der Waals surface area contributed by atoms with E-state index >= 15 is 0 Å². The smallest absolute Gasteiger partial charge is 0.263 e. The molecule has 1 aliphatic heterocycles. The van der Waals surface area contributed by atoms with Crippen LogP contribution in [-0.2, 0) is 4.74 Å². The lowest BCUT2D eigenvalue weighted by Gasteiger charge is -2.56. The molecule has 5 heteroatoms. The van der Waals surface area contributed by atoms with Crippen LogP contribution in [0.1, 0.15) is 40.7 Å². The van der Waals surface area contributed by atoms with Crippen molar-refractivity contribution in [1.29, 1.82) is 0 Å². The van der Waals surface area contributed by atoms with Gasteiger partial charge in [-0.25, -0.2) is 0 Å². The molecule has 1 aromatic rings. The molecule has 0 bridgehead atoms. The van der Waals surface area contributed by atoms with E-state index in [9.17, 15) is 9.90 Å². The van der Waals surface area contributed by atoms with Gasteiger partial charge in [0.1, 0.15) is 0 Å². The van der Waals surface area contributed by atoms with Crippen LogP contribution < -0.4 is 0 Å². The monoisotopic (exact) mass is 309 g/mol. The highest BCUT2D eigenvalue weighted by Gasteiger charge is 2.56. The fraction of sp³-hybridized carbons (Fsp3) is 0.688. The molecule has 2 aliphatic rings. The number of rotatable bonds is 3. The van der Waals surface area contributed by atoms with Crippen molar-refractivity contribution in [2.75, 3.05) is 19.7 Å². The summed E-state index contributed by atoms with van der Waals surface area (Å²) in [6.45, 7) is 6.14. The third-order valence-corrected chi connectivity index (χ3v) is 6.03. The SMILES string of the molecule is CCO[C@@H]1C[C@@H](O)C12CCN(C(=O)c1ccc(C)s1)CC2. The number of thiophene rings is 1. The molecule has 1 saturated carbocycles. The van der Waals surface area contributed by atoms with Gasteiger partial charge in [0, 0.05) is 36.4 Å². The zero-order valence-electron chi connectivity index (χ0n) is 12.7. The molecule has 2 heterocycles. The molecule has 116 valence electrons. The van der Waals surface area contributed by atoms with Gasteiger partial charge in [0.2, 0.25) is 0 Å². The second-order valence-electron chi connectivity index (χ2n) is 6.13. The lowest BCUT2D eigenvalue weighted by atomic mass is 9.58. The number of piperidine rings is 1. The minimum atomic E-state index is -0.268. The number of nitrogens with zero attached hydrogens (tertiary/aromatic N) is 1. The Hall–Kier alpha value is -0.910. The van der Waals surface area contributed by atoms with Crippen molar-refractivity contribution >= 4 is 17.2 Å². The zero-order chi connectivity index (χ0) is 15.0. The Bertz CT molecular complexity index is 517. The van der Waals surface area contributed by atoms with Crippen molar-refractivity contribution in [3.05, 3.63) is 21.9 Å². The third kappa shape index (κ3) is 2.51. The fourth-order valence-corrected chi connectivity index (χ4v) is 4.48. The molecule has 2 atom stereocenters. The van der Waals surface area contributed by atoms with Gasteiger partial charge in [-0.3, -0.25) is 4.79 Å². The van der Waals surface area contributed by atoms with Crippen LogP contribution in [0.4, 0.5) is 0 Å². The van der Waals surface area contributed by atoms with E-state index in [1.807, 2.05) is 30.9 Å². The molecule has 0 radical (unpaired) electrons. The normalized spacial score (nSPS) is 27.7. The number of aliphatic hydroxyl groups excluding tert-OH is 1. The first kappa shape index (κ1) is 15.0. The second-order valence-corrected chi connectivity index (χ2v) is 7.42. The van der Waals surface area contributed by atoms with Gasteiger partial charge in [-0.2, -0.15) is 0 Å². The van der Waals surface area contributed by atoms with Crippen molar-refractivity contribution in [1.82, 2.24) is 4.90 Å². The van der Waals surface area contributed by atoms with E-state index in [0.29, 0.717) is 6.61 Å². The van der Waals surface area contributed by atoms with Gasteiger partial charge in [0.25, 0.3) is 5.91 Å². The number of carbonyl (C=O) groups is 1. The minimum absolute atomic E-state index is 0.113. The first-order valence-corrected chi connectivity index (χ1v) is 8.54. The number of carbonyl (C=O) groups excluding carboxylic acids is 1. The van der Waals surface area contributed by atoms with E-state index in [1.165, 1.54) is 0 Å². The molecule has 0 aromatic carbocycles. The predicted molar refractivity (Wildman–Crippen MR) is 82.7 cm³/mol. The van der Waals surface area contributed by atoms with E-state index in [1.54, 1.807) is 11.3 Å². The average molecular weight is 309 g/mol. The number of ether oxygens (including phenoxy) is 1. The van der Waals surface area contributed by atoms with Crippen LogP contribution in [0.5, 0.6) is 0 Å². The summed E-state index contributed by atoms with van der Waals surface area (Å²) in [4.78, 5) is 16.4. The zero-order valence-corrected chi connectivity index (χ0v) is 13.5. The topological polar surface area (TPSA) is 49.8 Å². The Kier molecular flexibility index (Phi) is 4.08. The highest BCUT2D eigenvalue weighted by atomic mass is 32.1. The Morgan fingerprint density at radius 2 is 2.19 bits per heavy atom. The first-order valence-electron chi connectivity index (χ1n) is 7.72. The summed E-state index contributed by atoms with van der Waals surface area (Å²) in [5, 5.41) is 10.2. The number of hydrogen-bond donors (Lipinski definition) is 1. The van der Waals surface area contributed by atoms with E-state index in [4.69, 9.17) is 4.74 Å². The van der Waals surface area contributed by atoms with Crippen molar-refractivity contribution < 1.29 is 14.6 Å². The van der Waals surface area contributed by atoms with Gasteiger partial charge in [-0.1, -0.05) is 0 Å². The van der Waals surface area contributed by atoms with Crippen LogP contribution in [0, 0.1) is 12.3 Å². The lowest BCUT2D eigenvalue weighted by Crippen LogP contribution is -2.62. The summed E-state index contributed by atoms with van der Waals surface area (Å²) < 4.78 is 5.76. The number of hydrogen-bond acceptors (Lipinski definition) is 4. The van der Waals surface area contributed by atoms with Crippen molar-refractivity contribution in [3.8, 4) is 0 Å². The molecule has 1 saturated heterocycles. The van der Waals surface area contributed by atoms with Crippen LogP contribution in [0.15, 0.2) is 12.1 Å². The van der Waals surface area contributed by atoms with Gasteiger partial charge in [0.05, 0.1) is 17.1 Å². The molecule has 1 N–H and O–H groups in total. The standard InChI is InChI=1S/C16H23NO3S/c1-3-20-14-10-13(18)16(14)6-8-17(9-7-16)15(19)12-5-4-11(2)21-12/h4-5,13-14,18H,3,6-10H2,1-2H3/t13-,14-/m1/s1. The Labute approximate surface area is 129 Å². The minimum Gasteiger partial charge on any atom is -0.392 e. The van der Waals surface area contributed by atoms with E-state index in [-0.39, 0.29) is 23.5 Å². The molecule has 1 spiro atoms. The molecule has 3 rings (SSSR count). The average Bonchev–Trinajstić information content (AvgIpc) is 2.93. The maximum atomic E-state index is 12.5. The summed E-state index contributed by atoms with van der Waals surface area (Å²) in [5.41, 5.74) is -0.113. The van der Waals surface area contributed by atoms with Gasteiger partial charge in [0.15, 0.2) is 0 Å². The number of aryl methyl sites for hydroxylation is 1. The lowest BCUT2D eigenvalue weighted by molar-refractivity contribution is -0.207. The summed E-state index contributed by atoms with van der Waals surface area (Å²) in [6.07, 6.45) is 2.32. The number of amides is 1. The Morgan fingerprint density at radius 1 is 1.48 bits per heavy atom. The summed E-state index contributed by atoms with van der Waals surface area (Å²) in [7, 11) is 0. The molecule has 2 fully saturated rings. The number of likely N-dealkylation sites (tertiary alicyclic amines) is 1. The molecular formula is C16H23NO3S. The molecular weight excluding hydrogens is 286 g/mol. The van der Waals surface area contributed by atoms with E-state index in [2.05, 4.69) is 0 Å². The summed E-state index contributed by atoms with van der Waals surface area (Å²) in [5.74, 6) is 0.129. The first-order chi connectivity index (χ1) is 10.1. The highest BCUT2D eigenvalue weighted by molar-refractivity contribution is 7.13. The molecule has 21 heavy (non-hydrogen) atoms. The fourth-order valence-electron chi connectivity index (χ4n) is 3.65. The van der Waals surface area contributed by atoms with Gasteiger partial charge >= 0.3 is 0 Å². The molecule has 0 unspecified atom stereocenters. The number of aliphatic hydroxyl groups is 1. The Morgan fingerprint density at radius 3 is 2.71 bits per heavy atom. The van der Waals surface area contributed by atoms with Crippen LogP contribution >= 0.6 is 11.3 Å². The second kappa shape index (κ2) is 5.71. The highest BCUT2D eigenvalue weighted by Crippen LogP contribution is 2.51. The van der Waals surface area contributed by atoms with Gasteiger partial charge < -0.3 is 14.7 Å². The van der Waals surface area contributed by atoms with E-state index < -0.39 is 0 Å². The van der Waals surface area contributed by atoms with Crippen LogP contribution in [-0.4, -0.2) is 47.8 Å². The van der Waals surface area contributed by atoms with Crippen LogP contribution in [0.25, 0.3) is 0 Å². The Balaban J connectivity index is 1.63. The van der Waals surface area contributed by atoms with Crippen molar-refractivity contribution in [3.63, 3.8) is 0 Å². The van der Waals surface area contributed by atoms with Crippen LogP contribution in [0.2, 0.25) is 0 Å². The molecule has 1 aromatic heterocycles. The molecule has 1 aliphatic carbocycles. The summed E-state index contributed by atoms with van der Waals surface area (Å²) in [6, 6.07) is 3.90. The van der Waals surface area contributed by atoms with Gasteiger partial charge in [-0.05, 0) is 38.8 Å². The van der Waals surface area contributed by atoms with Crippen molar-refractivity contribution in [2.45, 2.75) is 45.3 Å². The molecule has 4 nitrogen and oxygen atoms in total. The quantitative estimate of drug-likeness (QED) is 0.933. The predicted octanol–water partition coefficient (Wildman–Crippen LogP) is 2.45. The maximum Gasteiger partial charge on any atom is 0.263 e.